The van der Waals surface area contributed by atoms with Crippen LogP contribution in [0.3, 0.4) is 0 Å². The fraction of sp³-hybridized carbons (Fsp3) is 0.579. The van der Waals surface area contributed by atoms with Gasteiger partial charge in [-0.3, -0.25) is 4.79 Å². The predicted octanol–water partition coefficient (Wildman–Crippen LogP) is 3.48. The van der Waals surface area contributed by atoms with Crippen LogP contribution < -0.4 is 10.6 Å². The van der Waals surface area contributed by atoms with Gasteiger partial charge in [0.25, 0.3) is 0 Å². The first kappa shape index (κ1) is 16.8. The molecule has 1 atom stereocenters. The van der Waals surface area contributed by atoms with E-state index in [1.807, 2.05) is 36.2 Å². The van der Waals surface area contributed by atoms with Crippen molar-refractivity contribution in [2.45, 2.75) is 56.9 Å². The minimum Gasteiger partial charge on any atom is -0.337 e. The average Bonchev–Trinajstić information content (AvgIpc) is 2.87. The first-order chi connectivity index (χ1) is 11.6. The largest absolute Gasteiger partial charge is 0.337 e. The van der Waals surface area contributed by atoms with Crippen LogP contribution in [0.15, 0.2) is 24.3 Å². The number of hydrogen-bond acceptors (Lipinski definition) is 2. The summed E-state index contributed by atoms with van der Waals surface area (Å²) in [4.78, 5) is 26.2. The van der Waals surface area contributed by atoms with Crippen molar-refractivity contribution in [1.82, 2.24) is 10.2 Å². The van der Waals surface area contributed by atoms with Crippen molar-refractivity contribution in [3.63, 3.8) is 0 Å². The van der Waals surface area contributed by atoms with E-state index in [1.54, 1.807) is 0 Å². The molecule has 1 heterocycles. The van der Waals surface area contributed by atoms with Crippen molar-refractivity contribution in [2.24, 2.45) is 0 Å². The van der Waals surface area contributed by atoms with Crippen molar-refractivity contribution < 1.29 is 9.59 Å². The van der Waals surface area contributed by atoms with E-state index in [9.17, 15) is 9.59 Å². The minimum absolute atomic E-state index is 0.0186. The molecule has 0 saturated heterocycles. The molecular formula is C19H27N3O2. The molecule has 2 aliphatic rings. The number of urea groups is 1. The molecule has 1 aliphatic carbocycles. The van der Waals surface area contributed by atoms with E-state index >= 15 is 0 Å². The van der Waals surface area contributed by atoms with E-state index < -0.39 is 0 Å². The quantitative estimate of drug-likeness (QED) is 0.834. The minimum atomic E-state index is -0.0228. The van der Waals surface area contributed by atoms with Crippen LogP contribution in [0.2, 0.25) is 0 Å². The summed E-state index contributed by atoms with van der Waals surface area (Å²) in [5.41, 5.74) is 1.97. The highest BCUT2D eigenvalue weighted by Crippen LogP contribution is 2.31. The number of anilines is 1. The van der Waals surface area contributed by atoms with Crippen molar-refractivity contribution in [3.8, 4) is 0 Å². The number of carbonyl (C=O) groups is 2. The van der Waals surface area contributed by atoms with E-state index in [1.165, 1.54) is 25.7 Å². The molecule has 5 nitrogen and oxygen atoms in total. The maximum Gasteiger partial charge on any atom is 0.317 e. The molecule has 0 bridgehead atoms. The standard InChI is InChI=1S/C19H27N3O2/c1-22(15-8-4-2-3-5-9-15)19(24)20-13-14-12-18(23)21-17-11-7-6-10-16(14)17/h6-7,10-11,14-15H,2-5,8-9,12-13H2,1H3,(H,20,24)(H,21,23). The average molecular weight is 329 g/mol. The third-order valence-corrected chi connectivity index (χ3v) is 5.30. The molecule has 1 aliphatic heterocycles. The lowest BCUT2D eigenvalue weighted by molar-refractivity contribution is -0.116. The van der Waals surface area contributed by atoms with E-state index in [0.29, 0.717) is 19.0 Å². The zero-order chi connectivity index (χ0) is 16.9. The molecule has 0 radical (unpaired) electrons. The first-order valence-electron chi connectivity index (χ1n) is 9.04. The Bertz CT molecular complexity index is 594. The third-order valence-electron chi connectivity index (χ3n) is 5.30. The Labute approximate surface area is 143 Å². The van der Waals surface area contributed by atoms with E-state index in [2.05, 4.69) is 10.6 Å². The van der Waals surface area contributed by atoms with Crippen LogP contribution in [0, 0.1) is 0 Å². The summed E-state index contributed by atoms with van der Waals surface area (Å²) in [6.45, 7) is 0.500. The number of amides is 3. The zero-order valence-corrected chi connectivity index (χ0v) is 14.4. The summed E-state index contributed by atoms with van der Waals surface area (Å²) in [6.07, 6.45) is 7.58. The molecule has 24 heavy (non-hydrogen) atoms. The van der Waals surface area contributed by atoms with Gasteiger partial charge in [0.05, 0.1) is 0 Å². The fourth-order valence-corrected chi connectivity index (χ4v) is 3.83. The molecule has 1 fully saturated rings. The van der Waals surface area contributed by atoms with E-state index in [0.717, 1.165) is 24.1 Å². The summed E-state index contributed by atoms with van der Waals surface area (Å²) in [5, 5.41) is 5.94. The Hall–Kier alpha value is -2.04. The first-order valence-corrected chi connectivity index (χ1v) is 9.04. The Morgan fingerprint density at radius 1 is 1.21 bits per heavy atom. The van der Waals surface area contributed by atoms with Crippen molar-refractivity contribution >= 4 is 17.6 Å². The molecule has 1 unspecified atom stereocenters. The number of nitrogens with one attached hydrogen (secondary N) is 2. The van der Waals surface area contributed by atoms with Crippen molar-refractivity contribution in [2.75, 3.05) is 18.9 Å². The highest BCUT2D eigenvalue weighted by Gasteiger charge is 2.26. The summed E-state index contributed by atoms with van der Waals surface area (Å²) < 4.78 is 0. The summed E-state index contributed by atoms with van der Waals surface area (Å²) >= 11 is 0. The number of fused-ring (bicyclic) bond motifs is 1. The topological polar surface area (TPSA) is 61.4 Å². The highest BCUT2D eigenvalue weighted by atomic mass is 16.2. The molecule has 3 rings (SSSR count). The van der Waals surface area contributed by atoms with Crippen molar-refractivity contribution in [1.29, 1.82) is 0 Å². The molecule has 1 aromatic rings. The lowest BCUT2D eigenvalue weighted by Gasteiger charge is -2.30. The van der Waals surface area contributed by atoms with Gasteiger partial charge in [-0.25, -0.2) is 4.79 Å². The van der Waals surface area contributed by atoms with Gasteiger partial charge in [0.15, 0.2) is 0 Å². The van der Waals surface area contributed by atoms with Crippen LogP contribution in [-0.2, 0) is 4.79 Å². The van der Waals surface area contributed by atoms with Crippen LogP contribution in [-0.4, -0.2) is 36.5 Å². The number of carbonyl (C=O) groups excluding carboxylic acids is 2. The van der Waals surface area contributed by atoms with Crippen LogP contribution in [0.4, 0.5) is 10.5 Å². The Morgan fingerprint density at radius 2 is 1.92 bits per heavy atom. The second kappa shape index (κ2) is 7.69. The van der Waals surface area contributed by atoms with Gasteiger partial charge in [0, 0.05) is 37.7 Å². The molecular weight excluding hydrogens is 302 g/mol. The summed E-state index contributed by atoms with van der Waals surface area (Å²) in [7, 11) is 1.90. The van der Waals surface area contributed by atoms with Crippen LogP contribution in [0.5, 0.6) is 0 Å². The molecule has 0 aromatic heterocycles. The number of nitrogens with zero attached hydrogens (tertiary/aromatic N) is 1. The zero-order valence-electron chi connectivity index (χ0n) is 14.4. The Morgan fingerprint density at radius 3 is 2.67 bits per heavy atom. The molecule has 1 saturated carbocycles. The lowest BCUT2D eigenvalue weighted by atomic mass is 9.90. The molecule has 3 amide bonds. The number of benzene rings is 1. The van der Waals surface area contributed by atoms with Crippen LogP contribution in [0.1, 0.15) is 56.4 Å². The fourth-order valence-electron chi connectivity index (χ4n) is 3.83. The molecule has 2 N–H and O–H groups in total. The second-order valence-corrected chi connectivity index (χ2v) is 6.98. The van der Waals surface area contributed by atoms with Gasteiger partial charge < -0.3 is 15.5 Å². The monoisotopic (exact) mass is 329 g/mol. The Balaban J connectivity index is 1.59. The lowest BCUT2D eigenvalue weighted by Crippen LogP contribution is -2.45. The molecule has 0 spiro atoms. The van der Waals surface area contributed by atoms with Gasteiger partial charge >= 0.3 is 6.03 Å². The maximum atomic E-state index is 12.5. The highest BCUT2D eigenvalue weighted by molar-refractivity contribution is 5.94. The van der Waals surface area contributed by atoms with Crippen LogP contribution >= 0.6 is 0 Å². The molecule has 130 valence electrons. The smallest absolute Gasteiger partial charge is 0.317 e. The number of para-hydroxylation sites is 1. The Kier molecular flexibility index (Phi) is 5.38. The maximum absolute atomic E-state index is 12.5. The van der Waals surface area contributed by atoms with Gasteiger partial charge in [0.2, 0.25) is 5.91 Å². The second-order valence-electron chi connectivity index (χ2n) is 6.98. The van der Waals surface area contributed by atoms with E-state index in [4.69, 9.17) is 0 Å². The van der Waals surface area contributed by atoms with Crippen LogP contribution in [0.25, 0.3) is 0 Å². The number of hydrogen-bond donors (Lipinski definition) is 2. The van der Waals surface area contributed by atoms with E-state index in [-0.39, 0.29) is 17.9 Å². The predicted molar refractivity (Wildman–Crippen MR) is 95.1 cm³/mol. The van der Waals surface area contributed by atoms with Gasteiger partial charge in [-0.05, 0) is 24.5 Å². The molecule has 5 heteroatoms. The summed E-state index contributed by atoms with van der Waals surface area (Å²) in [6, 6.07) is 8.15. The van der Waals surface area contributed by atoms with Gasteiger partial charge in [-0.1, -0.05) is 43.9 Å². The normalized spacial score (nSPS) is 21.4. The van der Waals surface area contributed by atoms with Crippen molar-refractivity contribution in [3.05, 3.63) is 29.8 Å². The number of rotatable bonds is 3. The summed E-state index contributed by atoms with van der Waals surface area (Å²) in [5.74, 6) is 0.0616. The van der Waals surface area contributed by atoms with Gasteiger partial charge in [-0.15, -0.1) is 0 Å². The third kappa shape index (κ3) is 3.89. The van der Waals surface area contributed by atoms with Gasteiger partial charge in [-0.2, -0.15) is 0 Å². The molecule has 1 aromatic carbocycles. The van der Waals surface area contributed by atoms with Gasteiger partial charge in [0.1, 0.15) is 0 Å². The SMILES string of the molecule is CN(C(=O)NCC1CC(=O)Nc2ccccc21)C1CCCCCC1.